The van der Waals surface area contributed by atoms with Crippen LogP contribution in [0.3, 0.4) is 0 Å². The molecule has 0 saturated carbocycles. The van der Waals surface area contributed by atoms with Crippen LogP contribution in [0.25, 0.3) is 0 Å². The summed E-state index contributed by atoms with van der Waals surface area (Å²) < 4.78 is 5.33. The van der Waals surface area contributed by atoms with E-state index >= 15 is 0 Å². The number of hydrogen-bond donors (Lipinski definition) is 1. The molecule has 4 heteroatoms. The SMILES string of the molecule is CCC(C)OC(=S)S.[Cu+2]. The van der Waals surface area contributed by atoms with Gasteiger partial charge in [0, 0.05) is 0 Å². The maximum absolute atomic E-state index is 4.99. The largest absolute Gasteiger partial charge is 2.00 e. The van der Waals surface area contributed by atoms with Crippen LogP contribution in [0.15, 0.2) is 0 Å². The minimum atomic E-state index is 0. The molecule has 0 heterocycles. The first-order valence-corrected chi connectivity index (χ1v) is 3.42. The third-order valence-electron chi connectivity index (χ3n) is 0.877. The quantitative estimate of drug-likeness (QED) is 0.427. The molecular weight excluding hydrogens is 204 g/mol. The standard InChI is InChI=1S/C5H10OS2.Cu/c1-3-4(2)6-5(7)8;/h4H,3H2,1-2H3,(H,7,8);/q;+2. The minimum Gasteiger partial charge on any atom is -0.476 e. The van der Waals surface area contributed by atoms with Gasteiger partial charge in [-0.25, -0.2) is 0 Å². The monoisotopic (exact) mass is 213 g/mol. The molecule has 0 aliphatic rings. The van der Waals surface area contributed by atoms with Crippen molar-refractivity contribution in [3.63, 3.8) is 0 Å². The normalized spacial score (nSPS) is 11.4. The van der Waals surface area contributed by atoms with Crippen molar-refractivity contribution in [3.8, 4) is 0 Å². The van der Waals surface area contributed by atoms with E-state index in [1.165, 1.54) is 0 Å². The predicted molar refractivity (Wildman–Crippen MR) is 42.4 cm³/mol. The van der Waals surface area contributed by atoms with Crippen LogP contribution in [0.5, 0.6) is 0 Å². The summed E-state index contributed by atoms with van der Waals surface area (Å²) in [6, 6.07) is 0. The Morgan fingerprint density at radius 2 is 2.22 bits per heavy atom. The van der Waals surface area contributed by atoms with Crippen molar-refractivity contribution >= 4 is 29.2 Å². The van der Waals surface area contributed by atoms with E-state index in [0.717, 1.165) is 6.42 Å². The molecule has 0 N–H and O–H groups in total. The van der Waals surface area contributed by atoms with Crippen molar-refractivity contribution in [2.45, 2.75) is 26.4 Å². The number of thiol groups is 1. The van der Waals surface area contributed by atoms with Crippen molar-refractivity contribution in [2.75, 3.05) is 0 Å². The van der Waals surface area contributed by atoms with Gasteiger partial charge < -0.3 is 4.74 Å². The third kappa shape index (κ3) is 8.76. The Balaban J connectivity index is 0. The molecule has 0 aliphatic heterocycles. The average Bonchev–Trinajstić information content (AvgIpc) is 1.65. The summed E-state index contributed by atoms with van der Waals surface area (Å²) in [7, 11) is 0. The minimum absolute atomic E-state index is 0. The average molecular weight is 214 g/mol. The summed E-state index contributed by atoms with van der Waals surface area (Å²) in [6.07, 6.45) is 1.18. The summed E-state index contributed by atoms with van der Waals surface area (Å²) in [4.78, 5) is 0. The Morgan fingerprint density at radius 1 is 1.78 bits per heavy atom. The molecule has 1 unspecified atom stereocenters. The maximum atomic E-state index is 4.99. The second-order valence-corrected chi connectivity index (χ2v) is 2.68. The molecule has 0 fully saturated rings. The van der Waals surface area contributed by atoms with Crippen LogP contribution in [0.4, 0.5) is 0 Å². The molecule has 0 bridgehead atoms. The molecule has 0 rings (SSSR count). The number of ether oxygens (including phenoxy) is 1. The molecule has 57 valence electrons. The Kier molecular flexibility index (Phi) is 9.50. The van der Waals surface area contributed by atoms with Crippen LogP contribution in [0, 0.1) is 0 Å². The van der Waals surface area contributed by atoms with Crippen molar-refractivity contribution in [1.29, 1.82) is 0 Å². The van der Waals surface area contributed by atoms with Gasteiger partial charge in [0.15, 0.2) is 0 Å². The van der Waals surface area contributed by atoms with Crippen LogP contribution in [0.1, 0.15) is 20.3 Å². The van der Waals surface area contributed by atoms with Crippen LogP contribution >= 0.6 is 24.8 Å². The summed E-state index contributed by atoms with van der Waals surface area (Å²) in [5.41, 5.74) is 0. The van der Waals surface area contributed by atoms with E-state index in [2.05, 4.69) is 24.8 Å². The molecule has 0 aliphatic carbocycles. The molecule has 0 aromatic rings. The molecular formula is C5H10CuOS2+2. The number of rotatable bonds is 2. The molecule has 0 aromatic heterocycles. The molecule has 1 radical (unpaired) electrons. The van der Waals surface area contributed by atoms with Gasteiger partial charge in [-0.2, -0.15) is 0 Å². The molecule has 9 heavy (non-hydrogen) atoms. The van der Waals surface area contributed by atoms with Crippen molar-refractivity contribution in [1.82, 2.24) is 0 Å². The van der Waals surface area contributed by atoms with E-state index in [0.29, 0.717) is 4.38 Å². The number of hydrogen-bond acceptors (Lipinski definition) is 2. The number of thiocarbonyl (C=S) groups is 1. The zero-order valence-electron chi connectivity index (χ0n) is 5.35. The Labute approximate surface area is 77.4 Å². The van der Waals surface area contributed by atoms with Gasteiger partial charge in [0.05, 0.1) is 6.10 Å². The van der Waals surface area contributed by atoms with Crippen molar-refractivity contribution < 1.29 is 21.8 Å². The Morgan fingerprint density at radius 3 is 2.33 bits per heavy atom. The summed E-state index contributed by atoms with van der Waals surface area (Å²) in [5.74, 6) is 0. The van der Waals surface area contributed by atoms with E-state index < -0.39 is 0 Å². The third-order valence-corrected chi connectivity index (χ3v) is 1.08. The second-order valence-electron chi connectivity index (χ2n) is 1.60. The van der Waals surface area contributed by atoms with E-state index in [-0.39, 0.29) is 23.2 Å². The Hall–Kier alpha value is 0.759. The van der Waals surface area contributed by atoms with Crippen LogP contribution < -0.4 is 0 Å². The van der Waals surface area contributed by atoms with E-state index in [4.69, 9.17) is 4.74 Å². The van der Waals surface area contributed by atoms with Gasteiger partial charge in [0.1, 0.15) is 0 Å². The van der Waals surface area contributed by atoms with Gasteiger partial charge in [0.2, 0.25) is 4.38 Å². The first-order chi connectivity index (χ1) is 3.66. The fraction of sp³-hybridized carbons (Fsp3) is 0.800. The fourth-order valence-electron chi connectivity index (χ4n) is 0.255. The van der Waals surface area contributed by atoms with Gasteiger partial charge >= 0.3 is 17.1 Å². The molecule has 0 saturated heterocycles. The molecule has 0 amide bonds. The van der Waals surface area contributed by atoms with Crippen LogP contribution in [-0.4, -0.2) is 10.5 Å². The zero-order chi connectivity index (χ0) is 6.57. The summed E-state index contributed by atoms with van der Waals surface area (Å²) in [6.45, 7) is 4.00. The van der Waals surface area contributed by atoms with Gasteiger partial charge in [-0.15, -0.1) is 0 Å². The summed E-state index contributed by atoms with van der Waals surface area (Å²) >= 11 is 8.38. The molecule has 0 spiro atoms. The molecule has 0 aromatic carbocycles. The Bertz CT molecular complexity index is 87.0. The van der Waals surface area contributed by atoms with E-state index in [1.54, 1.807) is 0 Å². The predicted octanol–water partition coefficient (Wildman–Crippen LogP) is 2.01. The zero-order valence-corrected chi connectivity index (χ0v) is 8.00. The van der Waals surface area contributed by atoms with Gasteiger partial charge in [-0.3, -0.25) is 0 Å². The second kappa shape index (κ2) is 6.87. The van der Waals surface area contributed by atoms with Gasteiger partial charge in [0.25, 0.3) is 0 Å². The van der Waals surface area contributed by atoms with E-state index in [1.807, 2.05) is 13.8 Å². The first kappa shape index (κ1) is 12.4. The smallest absolute Gasteiger partial charge is 0.476 e. The molecule has 1 nitrogen and oxygen atoms in total. The van der Waals surface area contributed by atoms with Crippen molar-refractivity contribution in [3.05, 3.63) is 0 Å². The summed E-state index contributed by atoms with van der Waals surface area (Å²) in [5, 5.41) is 0. The fourth-order valence-corrected chi connectivity index (χ4v) is 0.600. The maximum Gasteiger partial charge on any atom is 2.00 e. The topological polar surface area (TPSA) is 9.23 Å². The van der Waals surface area contributed by atoms with E-state index in [9.17, 15) is 0 Å². The van der Waals surface area contributed by atoms with Crippen molar-refractivity contribution in [2.24, 2.45) is 0 Å². The van der Waals surface area contributed by atoms with Crippen LogP contribution in [-0.2, 0) is 21.8 Å². The molecule has 1 atom stereocenters. The van der Waals surface area contributed by atoms with Crippen LogP contribution in [0.2, 0.25) is 0 Å². The van der Waals surface area contributed by atoms with Gasteiger partial charge in [-0.05, 0) is 25.6 Å². The van der Waals surface area contributed by atoms with Gasteiger partial charge in [-0.1, -0.05) is 19.6 Å². The first-order valence-electron chi connectivity index (χ1n) is 2.56.